The van der Waals surface area contributed by atoms with E-state index in [0.717, 1.165) is 0 Å². The highest BCUT2D eigenvalue weighted by atomic mass is 16.5. The number of aldehydes is 1. The monoisotopic (exact) mass is 293 g/mol. The van der Waals surface area contributed by atoms with Gasteiger partial charge in [-0.25, -0.2) is 0 Å². The molecule has 1 aromatic carbocycles. The van der Waals surface area contributed by atoms with Crippen molar-refractivity contribution in [2.24, 2.45) is 0 Å². The van der Waals surface area contributed by atoms with Gasteiger partial charge in [0.05, 0.1) is 12.3 Å². The van der Waals surface area contributed by atoms with Crippen LogP contribution >= 0.6 is 0 Å². The standard InChI is InChI=1S/C15H19NO5/c1-3-20-13-8-11(9-18)7-12-14(13)21-10(2)15(19)16(12)5-4-6-17/h7-10,17H,3-6H2,1-2H3. The van der Waals surface area contributed by atoms with E-state index in [1.54, 1.807) is 19.1 Å². The molecule has 2 rings (SSSR count). The number of hydrogen-bond acceptors (Lipinski definition) is 5. The lowest BCUT2D eigenvalue weighted by Gasteiger charge is -2.34. The molecule has 1 heterocycles. The minimum Gasteiger partial charge on any atom is -0.490 e. The van der Waals surface area contributed by atoms with Crippen molar-refractivity contribution >= 4 is 17.9 Å². The predicted octanol–water partition coefficient (Wildman–Crippen LogP) is 1.39. The number of aliphatic hydroxyl groups is 1. The van der Waals surface area contributed by atoms with Gasteiger partial charge in [0.1, 0.15) is 6.29 Å². The third-order valence-electron chi connectivity index (χ3n) is 3.23. The van der Waals surface area contributed by atoms with Gasteiger partial charge in [-0.15, -0.1) is 0 Å². The minimum atomic E-state index is -0.627. The van der Waals surface area contributed by atoms with Crippen LogP contribution in [-0.4, -0.2) is 43.2 Å². The normalized spacial score (nSPS) is 17.2. The molecule has 0 fully saturated rings. The molecule has 21 heavy (non-hydrogen) atoms. The summed E-state index contributed by atoms with van der Waals surface area (Å²) in [5, 5.41) is 8.99. The van der Waals surface area contributed by atoms with Crippen LogP contribution in [0.2, 0.25) is 0 Å². The summed E-state index contributed by atoms with van der Waals surface area (Å²) in [5.41, 5.74) is 0.928. The molecular formula is C15H19NO5. The van der Waals surface area contributed by atoms with Crippen LogP contribution in [0, 0.1) is 0 Å². The first-order chi connectivity index (χ1) is 10.1. The molecule has 1 atom stereocenters. The zero-order valence-electron chi connectivity index (χ0n) is 12.2. The van der Waals surface area contributed by atoms with Crippen molar-refractivity contribution in [1.82, 2.24) is 0 Å². The maximum absolute atomic E-state index is 12.3. The Morgan fingerprint density at radius 3 is 2.86 bits per heavy atom. The molecule has 1 aromatic rings. The second kappa shape index (κ2) is 6.58. The molecule has 6 heteroatoms. The van der Waals surface area contributed by atoms with Crippen molar-refractivity contribution in [3.05, 3.63) is 17.7 Å². The summed E-state index contributed by atoms with van der Waals surface area (Å²) in [5.74, 6) is 0.722. The molecule has 1 N–H and O–H groups in total. The smallest absolute Gasteiger partial charge is 0.267 e. The third-order valence-corrected chi connectivity index (χ3v) is 3.23. The molecule has 1 aliphatic heterocycles. The molecule has 0 spiro atoms. The summed E-state index contributed by atoms with van der Waals surface area (Å²) < 4.78 is 11.2. The molecule has 1 amide bonds. The van der Waals surface area contributed by atoms with E-state index in [9.17, 15) is 9.59 Å². The zero-order chi connectivity index (χ0) is 15.4. The van der Waals surface area contributed by atoms with Crippen LogP contribution in [0.15, 0.2) is 12.1 Å². The molecule has 6 nitrogen and oxygen atoms in total. The fourth-order valence-electron chi connectivity index (χ4n) is 2.28. The Hall–Kier alpha value is -2.08. The van der Waals surface area contributed by atoms with Gasteiger partial charge in [-0.2, -0.15) is 0 Å². The summed E-state index contributed by atoms with van der Waals surface area (Å²) in [4.78, 5) is 24.9. The summed E-state index contributed by atoms with van der Waals surface area (Å²) >= 11 is 0. The van der Waals surface area contributed by atoms with Gasteiger partial charge in [0.15, 0.2) is 17.6 Å². The van der Waals surface area contributed by atoms with Crippen LogP contribution < -0.4 is 14.4 Å². The number of benzene rings is 1. The fourth-order valence-corrected chi connectivity index (χ4v) is 2.28. The highest BCUT2D eigenvalue weighted by molar-refractivity contribution is 6.01. The molecule has 0 radical (unpaired) electrons. The maximum atomic E-state index is 12.3. The second-order valence-corrected chi connectivity index (χ2v) is 4.75. The number of rotatable bonds is 6. The van der Waals surface area contributed by atoms with Crippen molar-refractivity contribution < 1.29 is 24.2 Å². The van der Waals surface area contributed by atoms with E-state index in [2.05, 4.69) is 0 Å². The van der Waals surface area contributed by atoms with Crippen LogP contribution in [0.4, 0.5) is 5.69 Å². The van der Waals surface area contributed by atoms with E-state index in [1.165, 1.54) is 4.90 Å². The van der Waals surface area contributed by atoms with Crippen molar-refractivity contribution in [3.63, 3.8) is 0 Å². The average molecular weight is 293 g/mol. The molecule has 0 saturated carbocycles. The van der Waals surface area contributed by atoms with Crippen LogP contribution in [0.3, 0.4) is 0 Å². The summed E-state index contributed by atoms with van der Waals surface area (Å²) in [6.45, 7) is 4.28. The quantitative estimate of drug-likeness (QED) is 0.802. The second-order valence-electron chi connectivity index (χ2n) is 4.75. The van der Waals surface area contributed by atoms with E-state index in [0.29, 0.717) is 48.6 Å². The summed E-state index contributed by atoms with van der Waals surface area (Å²) in [7, 11) is 0. The Labute approximate surface area is 123 Å². The Morgan fingerprint density at radius 1 is 1.48 bits per heavy atom. The number of carbonyl (C=O) groups excluding carboxylic acids is 2. The Bertz CT molecular complexity index is 543. The van der Waals surface area contributed by atoms with Crippen molar-refractivity contribution in [1.29, 1.82) is 0 Å². The van der Waals surface area contributed by atoms with E-state index in [1.807, 2.05) is 6.92 Å². The number of anilines is 1. The van der Waals surface area contributed by atoms with Gasteiger partial charge >= 0.3 is 0 Å². The number of amides is 1. The highest BCUT2D eigenvalue weighted by Crippen LogP contribution is 2.42. The van der Waals surface area contributed by atoms with Crippen LogP contribution in [0.5, 0.6) is 11.5 Å². The molecule has 0 aromatic heterocycles. The topological polar surface area (TPSA) is 76.1 Å². The summed E-state index contributed by atoms with van der Waals surface area (Å²) in [6, 6.07) is 3.20. The number of aliphatic hydroxyl groups excluding tert-OH is 1. The lowest BCUT2D eigenvalue weighted by molar-refractivity contribution is -0.125. The molecule has 0 aliphatic carbocycles. The number of fused-ring (bicyclic) bond motifs is 1. The Kier molecular flexibility index (Phi) is 4.80. The number of hydrogen-bond donors (Lipinski definition) is 1. The first-order valence-electron chi connectivity index (χ1n) is 6.97. The van der Waals surface area contributed by atoms with Crippen LogP contribution in [0.1, 0.15) is 30.6 Å². The van der Waals surface area contributed by atoms with Gasteiger partial charge in [0, 0.05) is 18.7 Å². The highest BCUT2D eigenvalue weighted by Gasteiger charge is 2.33. The van der Waals surface area contributed by atoms with E-state index < -0.39 is 6.10 Å². The van der Waals surface area contributed by atoms with E-state index in [-0.39, 0.29) is 12.5 Å². The summed E-state index contributed by atoms with van der Waals surface area (Å²) in [6.07, 6.45) is 0.528. The van der Waals surface area contributed by atoms with Gasteiger partial charge in [0.2, 0.25) is 0 Å². The largest absolute Gasteiger partial charge is 0.490 e. The Balaban J connectivity index is 2.51. The number of ether oxygens (including phenoxy) is 2. The first-order valence-corrected chi connectivity index (χ1v) is 6.97. The van der Waals surface area contributed by atoms with Crippen LogP contribution in [-0.2, 0) is 4.79 Å². The van der Waals surface area contributed by atoms with E-state index >= 15 is 0 Å². The van der Waals surface area contributed by atoms with Crippen molar-refractivity contribution in [2.45, 2.75) is 26.4 Å². The van der Waals surface area contributed by atoms with E-state index in [4.69, 9.17) is 14.6 Å². The van der Waals surface area contributed by atoms with Gasteiger partial charge in [-0.3, -0.25) is 9.59 Å². The number of carbonyl (C=O) groups is 2. The molecule has 114 valence electrons. The molecule has 0 saturated heterocycles. The molecule has 0 bridgehead atoms. The first kappa shape index (κ1) is 15.3. The minimum absolute atomic E-state index is 0.0138. The van der Waals surface area contributed by atoms with Crippen LogP contribution in [0.25, 0.3) is 0 Å². The lowest BCUT2D eigenvalue weighted by Crippen LogP contribution is -2.45. The number of nitrogens with zero attached hydrogens (tertiary/aromatic N) is 1. The van der Waals surface area contributed by atoms with Crippen molar-refractivity contribution in [2.75, 3.05) is 24.7 Å². The maximum Gasteiger partial charge on any atom is 0.267 e. The third kappa shape index (κ3) is 3.00. The molecule has 1 unspecified atom stereocenters. The average Bonchev–Trinajstić information content (AvgIpc) is 2.48. The van der Waals surface area contributed by atoms with Gasteiger partial charge in [-0.1, -0.05) is 0 Å². The Morgan fingerprint density at radius 2 is 2.24 bits per heavy atom. The van der Waals surface area contributed by atoms with Gasteiger partial charge < -0.3 is 19.5 Å². The zero-order valence-corrected chi connectivity index (χ0v) is 12.2. The lowest BCUT2D eigenvalue weighted by atomic mass is 10.1. The molecular weight excluding hydrogens is 274 g/mol. The van der Waals surface area contributed by atoms with Gasteiger partial charge in [0.25, 0.3) is 5.91 Å². The molecule has 1 aliphatic rings. The SMILES string of the molecule is CCOc1cc(C=O)cc2c1OC(C)C(=O)N2CCCO. The fraction of sp³-hybridized carbons (Fsp3) is 0.467. The van der Waals surface area contributed by atoms with Gasteiger partial charge in [-0.05, 0) is 32.4 Å². The van der Waals surface area contributed by atoms with Crippen molar-refractivity contribution in [3.8, 4) is 11.5 Å². The predicted molar refractivity (Wildman–Crippen MR) is 77.1 cm³/mol.